The zero-order chi connectivity index (χ0) is 106. The first-order valence-electron chi connectivity index (χ1n) is 51.1. The van der Waals surface area contributed by atoms with Gasteiger partial charge in [-0.2, -0.15) is 15.8 Å². The maximum atomic E-state index is 9.05. The molecule has 0 aliphatic heterocycles. The van der Waals surface area contributed by atoms with Gasteiger partial charge in [-0.1, -0.05) is 271 Å². The van der Waals surface area contributed by atoms with Crippen LogP contribution in [0.15, 0.2) is 358 Å². The first-order chi connectivity index (χ1) is 67.4. The van der Waals surface area contributed by atoms with Gasteiger partial charge < -0.3 is 0 Å². The fourth-order valence-corrected chi connectivity index (χ4v) is 39.4. The third kappa shape index (κ3) is 27.6. The van der Waals surface area contributed by atoms with Crippen molar-refractivity contribution in [2.75, 3.05) is 0 Å². The monoisotopic (exact) mass is 2050 g/mol. The third-order valence-corrected chi connectivity index (χ3v) is 46.1. The van der Waals surface area contributed by atoms with Gasteiger partial charge in [-0.25, -0.2) is 0 Å². The summed E-state index contributed by atoms with van der Waals surface area (Å²) in [5.41, 5.74) is 26.8. The first kappa shape index (κ1) is 106. The molecule has 0 saturated carbocycles. The van der Waals surface area contributed by atoms with Crippen molar-refractivity contribution in [3.05, 3.63) is 425 Å². The molecule has 0 saturated heterocycles. The van der Waals surface area contributed by atoms with Gasteiger partial charge >= 0.3 is 364 Å². The van der Waals surface area contributed by atoms with Gasteiger partial charge in [-0.3, -0.25) is 0 Å². The van der Waals surface area contributed by atoms with E-state index < -0.39 is 53.6 Å². The van der Waals surface area contributed by atoms with Crippen molar-refractivity contribution >= 4 is 79.4 Å². The second-order valence-corrected chi connectivity index (χ2v) is 78.2. The van der Waals surface area contributed by atoms with Crippen LogP contribution in [0.25, 0.3) is 66.8 Å². The van der Waals surface area contributed by atoms with E-state index in [0.29, 0.717) is 11.1 Å². The molecule has 0 spiro atoms. The van der Waals surface area contributed by atoms with Crippen LogP contribution >= 0.6 is 0 Å². The van der Waals surface area contributed by atoms with Gasteiger partial charge in [0, 0.05) is 11.1 Å². The van der Waals surface area contributed by atoms with Gasteiger partial charge in [0.2, 0.25) is 0 Å². The van der Waals surface area contributed by atoms with Crippen molar-refractivity contribution in [1.82, 2.24) is 0 Å². The van der Waals surface area contributed by atoms with Crippen LogP contribution in [-0.2, 0) is 37.9 Å². The molecule has 141 heavy (non-hydrogen) atoms. The van der Waals surface area contributed by atoms with E-state index in [1.807, 2.05) is 103 Å². The predicted octanol–water partition coefficient (Wildman–Crippen LogP) is 31.8. The van der Waals surface area contributed by atoms with Crippen LogP contribution in [0.4, 0.5) is 0 Å². The SMILES string of the molecule is C#Cc1ccc(-c2cccc(-c3ccc(C#N)cc3)c2C(C)(C)C)cc1.C#Cc1cccc(C#N)c1C(C)(C)C.CC(C)(C)c1cc2c(cc1[Si](C)(C)C)-c1ccccc1-c1ccccc1-c1ccccc1-2.CC(C)(C)c1cccc[c]1[Ge]([CH3])([CH3])[CH3].CC(C)(C)c1cccc[c]1[Ge]([c]1ccccc1)([c]1ccccc1)[c]1ccccc1.CC(C)(C)c1ccccc1C#N.[2H][C]([2H])([2H])[Ge]([CH3])([CH3])[c]1ccccc1C(C)(C)C. The van der Waals surface area contributed by atoms with Crippen molar-refractivity contribution < 1.29 is 4.11 Å². The molecule has 0 aromatic heterocycles. The number of benzene rings is 15. The van der Waals surface area contributed by atoms with Gasteiger partial charge in [0.1, 0.15) is 0 Å². The van der Waals surface area contributed by atoms with Crippen LogP contribution in [0.5, 0.6) is 0 Å². The van der Waals surface area contributed by atoms with E-state index in [1.54, 1.807) is 21.2 Å². The summed E-state index contributed by atoms with van der Waals surface area (Å²) < 4.78 is 32.1. The Labute approximate surface area is 863 Å². The quantitative estimate of drug-likeness (QED) is 0.107. The molecule has 0 heterocycles. The van der Waals surface area contributed by atoms with E-state index in [4.69, 9.17) is 32.7 Å². The van der Waals surface area contributed by atoms with Crippen LogP contribution in [-0.4, -0.2) is 47.9 Å². The molecule has 15 aromatic rings. The molecule has 718 valence electrons. The Kier molecular flexibility index (Phi) is 34.7. The molecule has 1 aliphatic carbocycles. The number of terminal acetylenes is 2. The fourth-order valence-electron chi connectivity index (χ4n) is 19.2. The van der Waals surface area contributed by atoms with Crippen molar-refractivity contribution in [2.24, 2.45) is 0 Å². The van der Waals surface area contributed by atoms with E-state index in [9.17, 15) is 0 Å². The molecular weight excluding hydrogens is 1900 g/mol. The van der Waals surface area contributed by atoms with Gasteiger partial charge in [0.25, 0.3) is 0 Å². The Morgan fingerprint density at radius 2 is 0.539 bits per heavy atom. The van der Waals surface area contributed by atoms with E-state index in [0.717, 1.165) is 43.3 Å². The van der Waals surface area contributed by atoms with E-state index in [1.165, 1.54) is 95.5 Å². The third-order valence-electron chi connectivity index (χ3n) is 25.9. The summed E-state index contributed by atoms with van der Waals surface area (Å²) in [6.07, 6.45) is 10.9. The van der Waals surface area contributed by atoms with Gasteiger partial charge in [0.05, 0.1) is 43.0 Å². The molecule has 15 aromatic carbocycles. The van der Waals surface area contributed by atoms with Crippen LogP contribution in [0.2, 0.25) is 54.1 Å². The number of fused-ring (bicyclic) bond motifs is 8. The van der Waals surface area contributed by atoms with Crippen LogP contribution in [0, 0.1) is 58.7 Å². The molecular formula is C134H151Ge3N3Si. The number of rotatable bonds is 9. The average molecular weight is 2050 g/mol. The zero-order valence-electron chi connectivity index (χ0n) is 92.6. The first-order valence-corrected chi connectivity index (χ1v) is 70.9. The molecule has 0 atom stereocenters. The minimum absolute atomic E-state index is 0.00433. The van der Waals surface area contributed by atoms with E-state index in [2.05, 4.69) is 473 Å². The summed E-state index contributed by atoms with van der Waals surface area (Å²) >= 11 is -7.87. The van der Waals surface area contributed by atoms with Crippen molar-refractivity contribution in [3.8, 4) is 110 Å². The minimum atomic E-state index is -3.18. The van der Waals surface area contributed by atoms with E-state index in [-0.39, 0.29) is 37.9 Å². The molecule has 0 radical (unpaired) electrons. The predicted molar refractivity (Wildman–Crippen MR) is 625 cm³/mol. The summed E-state index contributed by atoms with van der Waals surface area (Å²) in [4.78, 5) is 0. The molecule has 7 heteroatoms. The second-order valence-electron chi connectivity index (χ2n) is 46.7. The molecule has 0 amide bonds. The summed E-state index contributed by atoms with van der Waals surface area (Å²) in [5.74, 6) is 16.7. The zero-order valence-corrected chi connectivity index (χ0v) is 96.9. The Morgan fingerprint density at radius 3 is 0.865 bits per heavy atom. The van der Waals surface area contributed by atoms with Gasteiger partial charge in [-0.15, -0.1) is 12.8 Å². The van der Waals surface area contributed by atoms with Crippen LogP contribution < -0.4 is 31.6 Å². The molecule has 3 nitrogen and oxygen atoms in total. The molecule has 0 bridgehead atoms. The van der Waals surface area contributed by atoms with Crippen molar-refractivity contribution in [1.29, 1.82) is 15.8 Å². The van der Waals surface area contributed by atoms with Gasteiger partial charge in [0.15, 0.2) is 0 Å². The Balaban J connectivity index is 0.000000178. The Hall–Kier alpha value is -12.3. The van der Waals surface area contributed by atoms with Crippen molar-refractivity contribution in [2.45, 2.75) is 237 Å². The summed E-state index contributed by atoms with van der Waals surface area (Å²) in [7, 11) is -1.56. The Bertz CT molecular complexity index is 6810. The normalized spacial score (nSPS) is 12.3. The number of nitrogens with zero attached hydrogens (tertiary/aromatic N) is 3. The van der Waals surface area contributed by atoms with Gasteiger partial charge in [-0.05, 0) is 153 Å². The van der Waals surface area contributed by atoms with Crippen molar-refractivity contribution in [3.63, 3.8) is 0 Å². The number of hydrogen-bond acceptors (Lipinski definition) is 3. The van der Waals surface area contributed by atoms with Crippen LogP contribution in [0.1, 0.15) is 216 Å². The van der Waals surface area contributed by atoms with E-state index >= 15 is 0 Å². The average Bonchev–Trinajstić information content (AvgIpc) is 0.726. The molecule has 0 fully saturated rings. The second kappa shape index (κ2) is 46.2. The molecule has 0 N–H and O–H groups in total. The molecule has 16 rings (SSSR count). The van der Waals surface area contributed by atoms with Crippen LogP contribution in [0.3, 0.4) is 0 Å². The number of hydrogen-bond donors (Lipinski definition) is 0. The topological polar surface area (TPSA) is 71.4 Å². The maximum absolute atomic E-state index is 9.05. The standard InChI is InChI=1S/C31H32Si.C28H28Ge.C25H21N.2C13H22Ge.C13H13N.C11H13N/c1-31(2,3)29-19-27-25-17-11-9-15-23(25)21-13-7-8-14-22(21)24-16-10-12-18-26(24)28(27)20-30(29)32(4,5)6;1-28(2,3)26-21-13-14-22-27(26)29(23-15-7-4-8-16-23,24-17-9-5-10-18-24)25-19-11-6-12-20-25;1-5-18-9-13-20(14-10-18)22-7-6-8-23(24(22)25(2,3)4)21-15-11-19(17-26)12-16-21;2*1-13(2,3)11-9-7-8-10-12(11)14(4,5)6;1-5-10-7-6-8-11(9-14)12(10)13(2,3)4;1-11(2,3)10-7-5-4-6-9(10)8-12/h7-20H,1-6H3;4-22H,1-3H3;1,6-16H,2-4H3;2*7-10H,1-6H3;1,6-8H,2-4H3;4-7H,1-3H3/i;;;4D3;;;. The fraction of sp³-hybridized carbons (Fsp3) is 0.276. The Morgan fingerprint density at radius 1 is 0.248 bits per heavy atom. The number of nitriles is 3. The molecule has 0 unspecified atom stereocenters. The summed E-state index contributed by atoms with van der Waals surface area (Å²) in [5, 5.41) is 28.4. The summed E-state index contributed by atoms with van der Waals surface area (Å²) in [6.45, 7) is 54.1. The summed E-state index contributed by atoms with van der Waals surface area (Å²) in [6, 6.07) is 134. The molecule has 1 aliphatic rings.